The van der Waals surface area contributed by atoms with Crippen LogP contribution in [0, 0.1) is 5.82 Å². The average Bonchev–Trinajstić information content (AvgIpc) is 2.85. The summed E-state index contributed by atoms with van der Waals surface area (Å²) in [5.41, 5.74) is 0. The highest BCUT2D eigenvalue weighted by Crippen LogP contribution is 2.31. The van der Waals surface area contributed by atoms with E-state index < -0.39 is 27.7 Å². The van der Waals surface area contributed by atoms with E-state index in [4.69, 9.17) is 16.7 Å². The van der Waals surface area contributed by atoms with Gasteiger partial charge < -0.3 is 5.11 Å². The van der Waals surface area contributed by atoms with Gasteiger partial charge in [-0.05, 0) is 24.6 Å². The minimum absolute atomic E-state index is 0.0140. The first kappa shape index (κ1) is 17.6. The number of aliphatic carboxylic acids is 1. The molecule has 0 amide bonds. The maximum atomic E-state index is 13.0. The molecule has 0 saturated carbocycles. The highest BCUT2D eigenvalue weighted by Gasteiger charge is 2.23. The molecule has 0 aliphatic rings. The van der Waals surface area contributed by atoms with Gasteiger partial charge in [-0.2, -0.15) is 0 Å². The Morgan fingerprint density at radius 3 is 2.78 bits per heavy atom. The zero-order valence-corrected chi connectivity index (χ0v) is 14.2. The van der Waals surface area contributed by atoms with Gasteiger partial charge in [-0.3, -0.25) is 9.52 Å². The fourth-order valence-corrected chi connectivity index (χ4v) is 4.62. The monoisotopic (exact) mass is 378 g/mol. The Hall–Kier alpha value is -1.71. The van der Waals surface area contributed by atoms with E-state index in [9.17, 15) is 17.6 Å². The minimum Gasteiger partial charge on any atom is -0.481 e. The van der Waals surface area contributed by atoms with Crippen molar-refractivity contribution in [3.8, 4) is 0 Å². The Balaban J connectivity index is 2.28. The van der Waals surface area contributed by atoms with Gasteiger partial charge in [0.25, 0.3) is 10.0 Å². The lowest BCUT2D eigenvalue weighted by molar-refractivity contribution is -0.138. The van der Waals surface area contributed by atoms with E-state index in [0.717, 1.165) is 29.5 Å². The molecule has 1 atom stereocenters. The van der Waals surface area contributed by atoms with Crippen LogP contribution < -0.4 is 4.72 Å². The molecule has 23 heavy (non-hydrogen) atoms. The Bertz CT molecular complexity index is 838. The summed E-state index contributed by atoms with van der Waals surface area (Å²) in [7, 11) is -4.05. The number of thiazole rings is 1. The molecule has 0 aliphatic carbocycles. The molecule has 2 rings (SSSR count). The number of aromatic nitrogens is 1. The number of benzene rings is 1. The van der Waals surface area contributed by atoms with Crippen molar-refractivity contribution in [2.24, 2.45) is 0 Å². The fraction of sp³-hybridized carbons (Fsp3) is 0.231. The number of rotatable bonds is 6. The van der Waals surface area contributed by atoms with E-state index in [0.29, 0.717) is 11.3 Å². The quantitative estimate of drug-likeness (QED) is 0.803. The lowest BCUT2D eigenvalue weighted by Crippen LogP contribution is -2.13. The van der Waals surface area contributed by atoms with Crippen molar-refractivity contribution in [2.45, 2.75) is 24.2 Å². The maximum Gasteiger partial charge on any atom is 0.311 e. The van der Waals surface area contributed by atoms with Gasteiger partial charge in [0, 0.05) is 11.1 Å². The third-order valence-corrected chi connectivity index (χ3v) is 5.96. The second-order valence-corrected chi connectivity index (χ2v) is 7.67. The number of nitrogens with one attached hydrogen (secondary N) is 1. The predicted octanol–water partition coefficient (Wildman–Crippen LogP) is 3.31. The SMILES string of the molecule is CCC(C(=O)O)c1cnc(NS(=O)(=O)c2ccc(F)cc2Cl)s1. The first-order valence-electron chi connectivity index (χ1n) is 6.41. The molecular weight excluding hydrogens is 367 g/mol. The van der Waals surface area contributed by atoms with Crippen LogP contribution in [0.25, 0.3) is 0 Å². The number of carboxylic acids is 1. The summed E-state index contributed by atoms with van der Waals surface area (Å²) in [6.45, 7) is 1.71. The van der Waals surface area contributed by atoms with Crippen LogP contribution in [0.2, 0.25) is 5.02 Å². The second kappa shape index (κ2) is 6.81. The topological polar surface area (TPSA) is 96.4 Å². The third-order valence-electron chi connectivity index (χ3n) is 2.98. The van der Waals surface area contributed by atoms with Gasteiger partial charge in [0.2, 0.25) is 0 Å². The van der Waals surface area contributed by atoms with Crippen LogP contribution in [0.5, 0.6) is 0 Å². The number of sulfonamides is 1. The molecule has 1 heterocycles. The number of hydrogen-bond donors (Lipinski definition) is 2. The molecule has 0 spiro atoms. The molecule has 1 unspecified atom stereocenters. The van der Waals surface area contributed by atoms with Crippen LogP contribution in [0.15, 0.2) is 29.3 Å². The van der Waals surface area contributed by atoms with E-state index in [1.54, 1.807) is 6.92 Å². The molecular formula is C13H12ClFN2O4S2. The molecule has 0 aliphatic heterocycles. The predicted molar refractivity (Wildman–Crippen MR) is 85.0 cm³/mol. The van der Waals surface area contributed by atoms with Gasteiger partial charge in [-0.25, -0.2) is 17.8 Å². The molecule has 1 aromatic heterocycles. The number of anilines is 1. The van der Waals surface area contributed by atoms with Crippen molar-refractivity contribution < 1.29 is 22.7 Å². The molecule has 0 bridgehead atoms. The standard InChI is InChI=1S/C13H12ClFN2O4S2/c1-2-8(12(18)19)10-6-16-13(22-10)17-23(20,21)11-4-3-7(15)5-9(11)14/h3-6,8H,2H2,1H3,(H,16,17)(H,18,19). The van der Waals surface area contributed by atoms with Crippen LogP contribution in [-0.4, -0.2) is 24.5 Å². The second-order valence-electron chi connectivity index (χ2n) is 4.55. The van der Waals surface area contributed by atoms with Gasteiger partial charge in [-0.1, -0.05) is 18.5 Å². The van der Waals surface area contributed by atoms with Crippen molar-refractivity contribution in [1.82, 2.24) is 4.98 Å². The first-order valence-corrected chi connectivity index (χ1v) is 9.08. The summed E-state index contributed by atoms with van der Waals surface area (Å²) < 4.78 is 39.7. The zero-order chi connectivity index (χ0) is 17.2. The largest absolute Gasteiger partial charge is 0.481 e. The molecule has 0 radical (unpaired) electrons. The Morgan fingerprint density at radius 2 is 2.22 bits per heavy atom. The summed E-state index contributed by atoms with van der Waals surface area (Å²) in [5.74, 6) is -2.41. The van der Waals surface area contributed by atoms with Crippen LogP contribution in [0.4, 0.5) is 9.52 Å². The normalized spacial score (nSPS) is 12.8. The maximum absolute atomic E-state index is 13.0. The molecule has 10 heteroatoms. The molecule has 2 aromatic rings. The molecule has 1 aromatic carbocycles. The van der Waals surface area contributed by atoms with E-state index in [-0.39, 0.29) is 15.0 Å². The van der Waals surface area contributed by atoms with Crippen molar-refractivity contribution >= 4 is 44.1 Å². The summed E-state index contributed by atoms with van der Waals surface area (Å²) >= 11 is 6.67. The summed E-state index contributed by atoms with van der Waals surface area (Å²) in [5, 5.41) is 8.85. The van der Waals surface area contributed by atoms with Crippen molar-refractivity contribution in [3.05, 3.63) is 40.1 Å². The van der Waals surface area contributed by atoms with Crippen molar-refractivity contribution in [1.29, 1.82) is 0 Å². The molecule has 2 N–H and O–H groups in total. The smallest absolute Gasteiger partial charge is 0.311 e. The van der Waals surface area contributed by atoms with Crippen molar-refractivity contribution in [2.75, 3.05) is 4.72 Å². The summed E-state index contributed by atoms with van der Waals surface area (Å²) in [6.07, 6.45) is 1.67. The first-order chi connectivity index (χ1) is 10.7. The average molecular weight is 379 g/mol. The fourth-order valence-electron chi connectivity index (χ4n) is 1.86. The number of carbonyl (C=O) groups is 1. The van der Waals surface area contributed by atoms with Gasteiger partial charge in [0.05, 0.1) is 10.9 Å². The van der Waals surface area contributed by atoms with Gasteiger partial charge in [0.1, 0.15) is 10.7 Å². The number of nitrogens with zero attached hydrogens (tertiary/aromatic N) is 1. The van der Waals surface area contributed by atoms with Gasteiger partial charge in [0.15, 0.2) is 5.13 Å². The summed E-state index contributed by atoms with van der Waals surface area (Å²) in [4.78, 5) is 15.1. The van der Waals surface area contributed by atoms with E-state index in [1.165, 1.54) is 6.20 Å². The highest BCUT2D eigenvalue weighted by molar-refractivity contribution is 7.93. The Kier molecular flexibility index (Phi) is 5.23. The third kappa shape index (κ3) is 3.98. The molecule has 0 fully saturated rings. The zero-order valence-electron chi connectivity index (χ0n) is 11.8. The number of hydrogen-bond acceptors (Lipinski definition) is 5. The van der Waals surface area contributed by atoms with E-state index in [1.807, 2.05) is 0 Å². The lowest BCUT2D eigenvalue weighted by atomic mass is 10.1. The van der Waals surface area contributed by atoms with Crippen LogP contribution >= 0.6 is 22.9 Å². The van der Waals surface area contributed by atoms with E-state index in [2.05, 4.69) is 9.71 Å². The van der Waals surface area contributed by atoms with Crippen LogP contribution in [0.1, 0.15) is 24.1 Å². The molecule has 6 nitrogen and oxygen atoms in total. The lowest BCUT2D eigenvalue weighted by Gasteiger charge is -2.07. The van der Waals surface area contributed by atoms with Crippen LogP contribution in [0.3, 0.4) is 0 Å². The van der Waals surface area contributed by atoms with E-state index >= 15 is 0 Å². The van der Waals surface area contributed by atoms with Gasteiger partial charge >= 0.3 is 5.97 Å². The van der Waals surface area contributed by atoms with Crippen molar-refractivity contribution in [3.63, 3.8) is 0 Å². The highest BCUT2D eigenvalue weighted by atomic mass is 35.5. The Morgan fingerprint density at radius 1 is 1.52 bits per heavy atom. The van der Waals surface area contributed by atoms with Crippen LogP contribution in [-0.2, 0) is 14.8 Å². The number of carboxylic acid groups (broad SMARTS) is 1. The molecule has 124 valence electrons. The number of halogens is 2. The van der Waals surface area contributed by atoms with Gasteiger partial charge in [-0.15, -0.1) is 11.3 Å². The minimum atomic E-state index is -4.05. The molecule has 0 saturated heterocycles. The summed E-state index contributed by atoms with van der Waals surface area (Å²) in [6, 6.07) is 2.91. The Labute approximate surface area is 141 Å².